The Bertz CT molecular complexity index is 348. The van der Waals surface area contributed by atoms with E-state index in [0.29, 0.717) is 6.61 Å². The topological polar surface area (TPSA) is 43.4 Å². The van der Waals surface area contributed by atoms with Crippen LogP contribution in [0.25, 0.3) is 0 Å². The summed E-state index contributed by atoms with van der Waals surface area (Å²) in [7, 11) is 0. The Hall–Kier alpha value is -1.13. The summed E-state index contributed by atoms with van der Waals surface area (Å²) in [5.74, 6) is 0.812. The average Bonchev–Trinajstić information content (AvgIpc) is 2.38. The lowest BCUT2D eigenvalue weighted by atomic mass is 10.1. The number of aromatic nitrogens is 1. The molecule has 19 heavy (non-hydrogen) atoms. The normalized spacial score (nSPS) is 12.7. The Morgan fingerprint density at radius 2 is 2.05 bits per heavy atom. The molecule has 0 bridgehead atoms. The molecule has 0 radical (unpaired) electrons. The first kappa shape index (κ1) is 15.9. The molecule has 1 N–H and O–H groups in total. The molecular formula is C15H26N2O2. The lowest BCUT2D eigenvalue weighted by Crippen LogP contribution is -2.26. The van der Waals surface area contributed by atoms with E-state index in [0.717, 1.165) is 30.9 Å². The van der Waals surface area contributed by atoms with Crippen molar-refractivity contribution >= 4 is 0 Å². The first-order chi connectivity index (χ1) is 9.17. The van der Waals surface area contributed by atoms with Crippen LogP contribution in [0.1, 0.15) is 45.7 Å². The van der Waals surface area contributed by atoms with Gasteiger partial charge in [0.15, 0.2) is 0 Å². The van der Waals surface area contributed by atoms with E-state index in [1.165, 1.54) is 0 Å². The Labute approximate surface area is 116 Å². The van der Waals surface area contributed by atoms with E-state index >= 15 is 0 Å². The summed E-state index contributed by atoms with van der Waals surface area (Å²) < 4.78 is 11.2. The van der Waals surface area contributed by atoms with Gasteiger partial charge in [0.1, 0.15) is 5.75 Å². The maximum absolute atomic E-state index is 5.68. The van der Waals surface area contributed by atoms with Gasteiger partial charge in [0.2, 0.25) is 0 Å². The first-order valence-corrected chi connectivity index (χ1v) is 7.10. The third kappa shape index (κ3) is 6.03. The van der Waals surface area contributed by atoms with E-state index in [-0.39, 0.29) is 12.1 Å². The molecule has 1 rings (SSSR count). The van der Waals surface area contributed by atoms with Crippen LogP contribution in [0.3, 0.4) is 0 Å². The fourth-order valence-corrected chi connectivity index (χ4v) is 1.79. The van der Waals surface area contributed by atoms with Crippen molar-refractivity contribution in [1.82, 2.24) is 10.3 Å². The van der Waals surface area contributed by atoms with Crippen LogP contribution in [0.5, 0.6) is 5.75 Å². The number of rotatable bonds is 9. The second-order valence-electron chi connectivity index (χ2n) is 4.79. The van der Waals surface area contributed by atoms with E-state index < -0.39 is 0 Å². The van der Waals surface area contributed by atoms with Gasteiger partial charge in [0.05, 0.1) is 24.9 Å². The molecule has 4 heteroatoms. The summed E-state index contributed by atoms with van der Waals surface area (Å²) in [5.41, 5.74) is 1.11. The molecule has 0 amide bonds. The standard InChI is InChI=1S/C15H26N2O2/c1-5-7-17-15(11-18-6-2)13-8-14(10-16-9-13)19-12(3)4/h8-10,12,15,17H,5-7,11H2,1-4H3. The van der Waals surface area contributed by atoms with Crippen molar-refractivity contribution in [2.24, 2.45) is 0 Å². The van der Waals surface area contributed by atoms with Crippen LogP contribution in [0, 0.1) is 0 Å². The molecule has 0 spiro atoms. The Morgan fingerprint density at radius 3 is 2.68 bits per heavy atom. The highest BCUT2D eigenvalue weighted by Gasteiger charge is 2.12. The maximum Gasteiger partial charge on any atom is 0.138 e. The highest BCUT2D eigenvalue weighted by Crippen LogP contribution is 2.19. The van der Waals surface area contributed by atoms with Crippen LogP contribution in [-0.4, -0.2) is 30.8 Å². The molecule has 0 aliphatic carbocycles. The largest absolute Gasteiger partial charge is 0.489 e. The molecule has 0 aliphatic heterocycles. The lowest BCUT2D eigenvalue weighted by Gasteiger charge is -2.19. The molecule has 0 aromatic carbocycles. The molecule has 0 fully saturated rings. The van der Waals surface area contributed by atoms with Crippen molar-refractivity contribution < 1.29 is 9.47 Å². The molecule has 0 saturated heterocycles. The zero-order chi connectivity index (χ0) is 14.1. The monoisotopic (exact) mass is 266 g/mol. The predicted molar refractivity (Wildman–Crippen MR) is 77.5 cm³/mol. The molecule has 0 saturated carbocycles. The molecule has 1 unspecified atom stereocenters. The van der Waals surface area contributed by atoms with Crippen molar-refractivity contribution in [2.45, 2.75) is 46.3 Å². The summed E-state index contributed by atoms with van der Waals surface area (Å²) in [6.45, 7) is 10.5. The van der Waals surface area contributed by atoms with Crippen LogP contribution in [0.2, 0.25) is 0 Å². The van der Waals surface area contributed by atoms with Crippen LogP contribution in [0.4, 0.5) is 0 Å². The number of pyridine rings is 1. The fraction of sp³-hybridized carbons (Fsp3) is 0.667. The minimum absolute atomic E-state index is 0.158. The number of nitrogens with one attached hydrogen (secondary N) is 1. The number of hydrogen-bond acceptors (Lipinski definition) is 4. The Morgan fingerprint density at radius 1 is 1.26 bits per heavy atom. The number of nitrogens with zero attached hydrogens (tertiary/aromatic N) is 1. The van der Waals surface area contributed by atoms with Gasteiger partial charge in [-0.05, 0) is 45.4 Å². The van der Waals surface area contributed by atoms with Crippen molar-refractivity contribution in [3.8, 4) is 5.75 Å². The van der Waals surface area contributed by atoms with Gasteiger partial charge in [-0.3, -0.25) is 4.98 Å². The van der Waals surface area contributed by atoms with Gasteiger partial charge in [-0.25, -0.2) is 0 Å². The van der Waals surface area contributed by atoms with Crippen molar-refractivity contribution in [1.29, 1.82) is 0 Å². The van der Waals surface area contributed by atoms with Gasteiger partial charge in [-0.15, -0.1) is 0 Å². The third-order valence-electron chi connectivity index (χ3n) is 2.64. The van der Waals surface area contributed by atoms with Gasteiger partial charge in [0.25, 0.3) is 0 Å². The van der Waals surface area contributed by atoms with Crippen LogP contribution < -0.4 is 10.1 Å². The van der Waals surface area contributed by atoms with E-state index in [4.69, 9.17) is 9.47 Å². The van der Waals surface area contributed by atoms with E-state index in [1.54, 1.807) is 6.20 Å². The number of ether oxygens (including phenoxy) is 2. The second-order valence-corrected chi connectivity index (χ2v) is 4.79. The molecule has 1 aromatic rings. The summed E-state index contributed by atoms with van der Waals surface area (Å²) >= 11 is 0. The number of hydrogen-bond donors (Lipinski definition) is 1. The second kappa shape index (κ2) is 8.88. The van der Waals surface area contributed by atoms with Gasteiger partial charge in [-0.1, -0.05) is 6.92 Å². The maximum atomic E-state index is 5.68. The predicted octanol–water partition coefficient (Wildman–Crippen LogP) is 2.95. The summed E-state index contributed by atoms with van der Waals surface area (Å²) in [6, 6.07) is 2.21. The zero-order valence-electron chi connectivity index (χ0n) is 12.5. The molecule has 0 aliphatic rings. The summed E-state index contributed by atoms with van der Waals surface area (Å²) in [6.07, 6.45) is 4.88. The van der Waals surface area contributed by atoms with E-state index in [2.05, 4.69) is 17.2 Å². The zero-order valence-corrected chi connectivity index (χ0v) is 12.5. The average molecular weight is 266 g/mol. The SMILES string of the molecule is CCCNC(COCC)c1cncc(OC(C)C)c1. The Balaban J connectivity index is 2.75. The van der Waals surface area contributed by atoms with E-state index in [1.807, 2.05) is 33.0 Å². The van der Waals surface area contributed by atoms with Gasteiger partial charge in [-0.2, -0.15) is 0 Å². The van der Waals surface area contributed by atoms with E-state index in [9.17, 15) is 0 Å². The van der Waals surface area contributed by atoms with Gasteiger partial charge < -0.3 is 14.8 Å². The van der Waals surface area contributed by atoms with Crippen LogP contribution in [-0.2, 0) is 4.74 Å². The first-order valence-electron chi connectivity index (χ1n) is 7.10. The van der Waals surface area contributed by atoms with Crippen molar-refractivity contribution in [3.63, 3.8) is 0 Å². The Kier molecular flexibility index (Phi) is 7.45. The highest BCUT2D eigenvalue weighted by atomic mass is 16.5. The van der Waals surface area contributed by atoms with Crippen LogP contribution >= 0.6 is 0 Å². The van der Waals surface area contributed by atoms with Crippen molar-refractivity contribution in [2.75, 3.05) is 19.8 Å². The smallest absolute Gasteiger partial charge is 0.138 e. The molecule has 4 nitrogen and oxygen atoms in total. The molecule has 1 aromatic heterocycles. The highest BCUT2D eigenvalue weighted by molar-refractivity contribution is 5.26. The molecule has 1 atom stereocenters. The quantitative estimate of drug-likeness (QED) is 0.746. The fourth-order valence-electron chi connectivity index (χ4n) is 1.79. The third-order valence-corrected chi connectivity index (χ3v) is 2.64. The molecular weight excluding hydrogens is 240 g/mol. The van der Waals surface area contributed by atoms with Crippen molar-refractivity contribution in [3.05, 3.63) is 24.0 Å². The molecule has 108 valence electrons. The molecule has 1 heterocycles. The van der Waals surface area contributed by atoms with Gasteiger partial charge in [0, 0.05) is 12.8 Å². The summed E-state index contributed by atoms with van der Waals surface area (Å²) in [5, 5.41) is 3.48. The minimum atomic E-state index is 0.158. The summed E-state index contributed by atoms with van der Waals surface area (Å²) in [4.78, 5) is 4.25. The minimum Gasteiger partial charge on any atom is -0.489 e. The lowest BCUT2D eigenvalue weighted by molar-refractivity contribution is 0.122. The van der Waals surface area contributed by atoms with Crippen LogP contribution in [0.15, 0.2) is 18.5 Å². The van der Waals surface area contributed by atoms with Gasteiger partial charge >= 0.3 is 0 Å².